The molecule has 0 spiro atoms. The van der Waals surface area contributed by atoms with Crippen molar-refractivity contribution in [2.45, 2.75) is 38.0 Å². The van der Waals surface area contributed by atoms with Crippen LogP contribution in [0.15, 0.2) is 53.7 Å². The van der Waals surface area contributed by atoms with E-state index in [0.717, 1.165) is 23.2 Å². The number of anilines is 1. The minimum atomic E-state index is -3.36. The Morgan fingerprint density at radius 1 is 1.17 bits per heavy atom. The minimum Gasteiger partial charge on any atom is -0.313 e. The van der Waals surface area contributed by atoms with Crippen LogP contribution in [0.25, 0.3) is 16.8 Å². The summed E-state index contributed by atoms with van der Waals surface area (Å²) in [6, 6.07) is 8.44. The second-order valence-electron chi connectivity index (χ2n) is 7.13. The van der Waals surface area contributed by atoms with Crippen molar-refractivity contribution in [1.29, 1.82) is 0 Å². The van der Waals surface area contributed by atoms with Crippen LogP contribution in [0.2, 0.25) is 5.02 Å². The molecule has 0 saturated heterocycles. The number of halogens is 1. The van der Waals surface area contributed by atoms with E-state index in [1.165, 1.54) is 6.07 Å². The summed E-state index contributed by atoms with van der Waals surface area (Å²) in [5.74, 6) is 0. The Labute approximate surface area is 174 Å². The lowest BCUT2D eigenvalue weighted by Crippen LogP contribution is -2.19. The number of benzene rings is 1. The third kappa shape index (κ3) is 4.23. The first-order valence-corrected chi connectivity index (χ1v) is 11.4. The molecule has 1 N–H and O–H groups in total. The lowest BCUT2D eigenvalue weighted by Gasteiger charge is -2.10. The van der Waals surface area contributed by atoms with Gasteiger partial charge in [0.25, 0.3) is 5.56 Å². The number of rotatable bonds is 7. The maximum absolute atomic E-state index is 12.1. The zero-order chi connectivity index (χ0) is 20.6. The van der Waals surface area contributed by atoms with Crippen molar-refractivity contribution in [1.82, 2.24) is 14.3 Å². The van der Waals surface area contributed by atoms with Gasteiger partial charge in [-0.05, 0) is 43.0 Å². The number of hydrogen-bond donors (Lipinski definition) is 1. The summed E-state index contributed by atoms with van der Waals surface area (Å²) in [4.78, 5) is 11.9. The van der Waals surface area contributed by atoms with Crippen LogP contribution in [-0.2, 0) is 16.6 Å². The first-order valence-electron chi connectivity index (χ1n) is 9.44. The van der Waals surface area contributed by atoms with Gasteiger partial charge in [0.2, 0.25) is 10.0 Å². The van der Waals surface area contributed by atoms with Crippen molar-refractivity contribution in [3.05, 3.63) is 64.3 Å². The molecule has 9 heteroatoms. The maximum atomic E-state index is 12.1. The number of nitrogens with zero attached hydrogens (tertiary/aromatic N) is 3. The Bertz CT molecular complexity index is 1210. The highest BCUT2D eigenvalue weighted by Gasteiger charge is 2.36. The van der Waals surface area contributed by atoms with E-state index in [1.807, 2.05) is 13.1 Å². The zero-order valence-corrected chi connectivity index (χ0v) is 17.4. The van der Waals surface area contributed by atoms with Gasteiger partial charge in [0.15, 0.2) is 0 Å². The summed E-state index contributed by atoms with van der Waals surface area (Å²) in [7, 11) is -3.36. The molecule has 0 unspecified atom stereocenters. The van der Waals surface area contributed by atoms with Gasteiger partial charge in [-0.15, -0.1) is 0 Å². The van der Waals surface area contributed by atoms with E-state index in [-0.39, 0.29) is 10.8 Å². The summed E-state index contributed by atoms with van der Waals surface area (Å²) in [5.41, 5.74) is 2.76. The standard InChI is InChI=1S/C20H21ClN4O3S/c1-2-9-24-13-16(4-8-20(24)26)25-12-15(11-22-25)14-3-7-19(18(21)10-14)23-29(27,28)17-5-6-17/h3-4,7-8,10-13,17,23H,2,5-6,9H2,1H3. The first kappa shape index (κ1) is 19.7. The number of hydrogen-bond acceptors (Lipinski definition) is 4. The minimum absolute atomic E-state index is 0.0426. The van der Waals surface area contributed by atoms with E-state index in [4.69, 9.17) is 11.6 Å². The van der Waals surface area contributed by atoms with Gasteiger partial charge in [-0.1, -0.05) is 24.6 Å². The second-order valence-corrected chi connectivity index (χ2v) is 9.50. The average molecular weight is 433 g/mol. The van der Waals surface area contributed by atoms with Crippen molar-refractivity contribution in [2.24, 2.45) is 0 Å². The topological polar surface area (TPSA) is 86.0 Å². The highest BCUT2D eigenvalue weighted by molar-refractivity contribution is 7.93. The molecule has 0 amide bonds. The lowest BCUT2D eigenvalue weighted by atomic mass is 10.1. The predicted octanol–water partition coefficient (Wildman–Crippen LogP) is 3.67. The van der Waals surface area contributed by atoms with Crippen molar-refractivity contribution in [2.75, 3.05) is 4.72 Å². The van der Waals surface area contributed by atoms with Crippen LogP contribution in [0.4, 0.5) is 5.69 Å². The SMILES string of the molecule is CCCn1cc(-n2cc(-c3ccc(NS(=O)(=O)C4CC4)c(Cl)c3)cn2)ccc1=O. The maximum Gasteiger partial charge on any atom is 0.250 e. The summed E-state index contributed by atoms with van der Waals surface area (Å²) < 4.78 is 30.2. The van der Waals surface area contributed by atoms with Gasteiger partial charge in [-0.3, -0.25) is 9.52 Å². The van der Waals surface area contributed by atoms with Crippen LogP contribution >= 0.6 is 11.6 Å². The van der Waals surface area contributed by atoms with Gasteiger partial charge in [-0.2, -0.15) is 5.10 Å². The predicted molar refractivity (Wildman–Crippen MR) is 114 cm³/mol. The molecule has 1 aliphatic rings. The molecule has 4 rings (SSSR count). The summed E-state index contributed by atoms with van der Waals surface area (Å²) in [6.07, 6.45) is 7.57. The van der Waals surface area contributed by atoms with E-state index >= 15 is 0 Å². The molecule has 29 heavy (non-hydrogen) atoms. The summed E-state index contributed by atoms with van der Waals surface area (Å²) in [5, 5.41) is 4.40. The smallest absolute Gasteiger partial charge is 0.250 e. The fraction of sp³-hybridized carbons (Fsp3) is 0.300. The van der Waals surface area contributed by atoms with E-state index in [2.05, 4.69) is 9.82 Å². The van der Waals surface area contributed by atoms with E-state index in [0.29, 0.717) is 30.1 Å². The normalized spacial score (nSPS) is 14.1. The Balaban J connectivity index is 1.59. The molecular weight excluding hydrogens is 412 g/mol. The highest BCUT2D eigenvalue weighted by atomic mass is 35.5. The van der Waals surface area contributed by atoms with Crippen molar-refractivity contribution < 1.29 is 8.42 Å². The molecule has 2 aromatic heterocycles. The van der Waals surface area contributed by atoms with Crippen molar-refractivity contribution in [3.8, 4) is 16.8 Å². The molecule has 2 heterocycles. The quantitative estimate of drug-likeness (QED) is 0.617. The Kier molecular flexibility index (Phi) is 5.23. The van der Waals surface area contributed by atoms with Crippen LogP contribution in [-0.4, -0.2) is 28.0 Å². The van der Waals surface area contributed by atoms with Gasteiger partial charge in [-0.25, -0.2) is 13.1 Å². The highest BCUT2D eigenvalue weighted by Crippen LogP contribution is 2.33. The summed E-state index contributed by atoms with van der Waals surface area (Å²) >= 11 is 6.31. The Morgan fingerprint density at radius 3 is 2.66 bits per heavy atom. The fourth-order valence-electron chi connectivity index (χ4n) is 3.08. The molecule has 1 aromatic carbocycles. The second kappa shape index (κ2) is 7.68. The molecule has 0 atom stereocenters. The van der Waals surface area contributed by atoms with Gasteiger partial charge < -0.3 is 4.57 Å². The van der Waals surface area contributed by atoms with Crippen LogP contribution in [0, 0.1) is 0 Å². The average Bonchev–Trinajstić information content (AvgIpc) is 3.44. The van der Waals surface area contributed by atoms with Crippen LogP contribution < -0.4 is 10.3 Å². The molecule has 1 aliphatic carbocycles. The zero-order valence-electron chi connectivity index (χ0n) is 15.9. The molecule has 0 radical (unpaired) electrons. The molecule has 0 bridgehead atoms. The summed E-state index contributed by atoms with van der Waals surface area (Å²) in [6.45, 7) is 2.66. The molecule has 1 saturated carbocycles. The molecular formula is C20H21ClN4O3S. The number of aromatic nitrogens is 3. The third-order valence-corrected chi connectivity index (χ3v) is 6.96. The molecule has 3 aromatic rings. The molecule has 7 nitrogen and oxygen atoms in total. The molecule has 152 valence electrons. The van der Waals surface area contributed by atoms with Gasteiger partial charge >= 0.3 is 0 Å². The van der Waals surface area contributed by atoms with E-state index in [1.54, 1.807) is 45.9 Å². The van der Waals surface area contributed by atoms with Gasteiger partial charge in [0, 0.05) is 30.6 Å². The Morgan fingerprint density at radius 2 is 1.97 bits per heavy atom. The van der Waals surface area contributed by atoms with Gasteiger partial charge in [0.05, 0.1) is 27.8 Å². The van der Waals surface area contributed by atoms with Crippen molar-refractivity contribution >= 4 is 27.3 Å². The number of nitrogens with one attached hydrogen (secondary N) is 1. The largest absolute Gasteiger partial charge is 0.313 e. The van der Waals surface area contributed by atoms with Gasteiger partial charge in [0.1, 0.15) is 0 Å². The molecule has 1 fully saturated rings. The van der Waals surface area contributed by atoms with Crippen LogP contribution in [0.1, 0.15) is 26.2 Å². The van der Waals surface area contributed by atoms with Crippen LogP contribution in [0.3, 0.4) is 0 Å². The number of sulfonamides is 1. The van der Waals surface area contributed by atoms with Crippen LogP contribution in [0.5, 0.6) is 0 Å². The first-order chi connectivity index (χ1) is 13.9. The molecule has 0 aliphatic heterocycles. The van der Waals surface area contributed by atoms with E-state index in [9.17, 15) is 13.2 Å². The monoisotopic (exact) mass is 432 g/mol. The van der Waals surface area contributed by atoms with E-state index < -0.39 is 10.0 Å². The van der Waals surface area contributed by atoms with Crippen molar-refractivity contribution in [3.63, 3.8) is 0 Å². The lowest BCUT2D eigenvalue weighted by molar-refractivity contribution is 0.600. The number of pyridine rings is 1. The number of aryl methyl sites for hydroxylation is 1. The fourth-order valence-corrected chi connectivity index (χ4v) is 4.77. The third-order valence-electron chi connectivity index (χ3n) is 4.80. The Hall–Kier alpha value is -2.58.